The van der Waals surface area contributed by atoms with Crippen molar-refractivity contribution in [1.82, 2.24) is 10.3 Å². The number of fused-ring (bicyclic) bond motifs is 1. The van der Waals surface area contributed by atoms with Crippen LogP contribution >= 0.6 is 0 Å². The Bertz CT molecular complexity index is 576. The summed E-state index contributed by atoms with van der Waals surface area (Å²) in [6, 6.07) is 10.3. The lowest BCUT2D eigenvalue weighted by Gasteiger charge is -2.35. The van der Waals surface area contributed by atoms with Crippen LogP contribution in [0.3, 0.4) is 0 Å². The van der Waals surface area contributed by atoms with Crippen LogP contribution in [0.25, 0.3) is 10.9 Å². The molecule has 1 aliphatic rings. The average Bonchev–Trinajstić information content (AvgIpc) is 2.37. The summed E-state index contributed by atoms with van der Waals surface area (Å²) in [5, 5.41) is 4.39. The Balaban J connectivity index is 1.73. The van der Waals surface area contributed by atoms with Crippen LogP contribution < -0.4 is 10.1 Å². The first kappa shape index (κ1) is 12.4. The molecule has 1 aliphatic carbocycles. The third kappa shape index (κ3) is 2.56. The summed E-state index contributed by atoms with van der Waals surface area (Å²) in [6.45, 7) is 3.16. The number of pyridine rings is 1. The Labute approximate surface area is 114 Å². The van der Waals surface area contributed by atoms with Gasteiger partial charge in [-0.05, 0) is 51.4 Å². The molecule has 3 rings (SSSR count). The predicted octanol–water partition coefficient (Wildman–Crippen LogP) is 2.92. The fourth-order valence-corrected chi connectivity index (χ4v) is 2.71. The van der Waals surface area contributed by atoms with Crippen molar-refractivity contribution in [2.75, 3.05) is 13.6 Å². The molecule has 3 heteroatoms. The molecule has 1 saturated carbocycles. The van der Waals surface area contributed by atoms with Gasteiger partial charge in [0.2, 0.25) is 5.88 Å². The number of hydrogen-bond donors (Lipinski definition) is 1. The van der Waals surface area contributed by atoms with E-state index in [2.05, 4.69) is 29.4 Å². The van der Waals surface area contributed by atoms with E-state index in [1.165, 1.54) is 5.39 Å². The van der Waals surface area contributed by atoms with Gasteiger partial charge in [0.15, 0.2) is 0 Å². The van der Waals surface area contributed by atoms with Gasteiger partial charge in [0, 0.05) is 10.9 Å². The smallest absolute Gasteiger partial charge is 0.217 e. The van der Waals surface area contributed by atoms with Gasteiger partial charge in [-0.1, -0.05) is 18.2 Å². The normalized spacial score (nSPS) is 22.2. The number of benzene rings is 1. The third-order valence-electron chi connectivity index (χ3n) is 3.83. The summed E-state index contributed by atoms with van der Waals surface area (Å²) in [5.41, 5.74) is 2.13. The first-order valence-electron chi connectivity index (χ1n) is 6.94. The maximum atomic E-state index is 6.03. The van der Waals surface area contributed by atoms with Gasteiger partial charge in [-0.25, -0.2) is 4.98 Å². The molecule has 2 aromatic rings. The fraction of sp³-hybridized carbons (Fsp3) is 0.438. The van der Waals surface area contributed by atoms with Gasteiger partial charge in [-0.15, -0.1) is 0 Å². The second-order valence-electron chi connectivity index (χ2n) is 5.44. The first-order chi connectivity index (χ1) is 9.26. The van der Waals surface area contributed by atoms with Gasteiger partial charge < -0.3 is 10.1 Å². The van der Waals surface area contributed by atoms with Gasteiger partial charge >= 0.3 is 0 Å². The molecular weight excluding hydrogens is 236 g/mol. The van der Waals surface area contributed by atoms with Gasteiger partial charge in [-0.3, -0.25) is 0 Å². The van der Waals surface area contributed by atoms with Crippen molar-refractivity contribution < 1.29 is 4.74 Å². The van der Waals surface area contributed by atoms with Crippen molar-refractivity contribution in [3.63, 3.8) is 0 Å². The molecule has 1 fully saturated rings. The fourth-order valence-electron chi connectivity index (χ4n) is 2.71. The maximum absolute atomic E-state index is 6.03. The lowest BCUT2D eigenvalue weighted by molar-refractivity contribution is 0.0613. The lowest BCUT2D eigenvalue weighted by atomic mass is 9.82. The minimum atomic E-state index is 0.339. The Morgan fingerprint density at radius 2 is 2.11 bits per heavy atom. The molecule has 1 aromatic carbocycles. The van der Waals surface area contributed by atoms with E-state index >= 15 is 0 Å². The summed E-state index contributed by atoms with van der Waals surface area (Å²) in [6.07, 6.45) is 2.61. The van der Waals surface area contributed by atoms with E-state index in [0.29, 0.717) is 6.10 Å². The zero-order valence-electron chi connectivity index (χ0n) is 11.5. The van der Waals surface area contributed by atoms with Gasteiger partial charge in [0.25, 0.3) is 0 Å². The molecule has 0 aliphatic heterocycles. The molecule has 0 amide bonds. The summed E-state index contributed by atoms with van der Waals surface area (Å²) in [5.74, 6) is 1.56. The zero-order chi connectivity index (χ0) is 13.2. The monoisotopic (exact) mass is 256 g/mol. The van der Waals surface area contributed by atoms with Crippen LogP contribution in [0.2, 0.25) is 0 Å². The molecule has 0 bridgehead atoms. The van der Waals surface area contributed by atoms with E-state index in [4.69, 9.17) is 4.74 Å². The molecule has 0 spiro atoms. The number of rotatable bonds is 4. The molecule has 3 nitrogen and oxygen atoms in total. The van der Waals surface area contributed by atoms with Crippen LogP contribution in [0.15, 0.2) is 30.3 Å². The number of ether oxygens (including phenoxy) is 1. The van der Waals surface area contributed by atoms with Crippen molar-refractivity contribution in [3.8, 4) is 5.88 Å². The van der Waals surface area contributed by atoms with Gasteiger partial charge in [0.1, 0.15) is 6.10 Å². The molecule has 1 N–H and O–H groups in total. The summed E-state index contributed by atoms with van der Waals surface area (Å²) >= 11 is 0. The predicted molar refractivity (Wildman–Crippen MR) is 77.5 cm³/mol. The molecule has 1 heterocycles. The number of aromatic nitrogens is 1. The number of nitrogens with one attached hydrogen (secondary N) is 1. The van der Waals surface area contributed by atoms with Crippen LogP contribution in [-0.4, -0.2) is 24.7 Å². The number of hydrogen-bond acceptors (Lipinski definition) is 3. The molecule has 1 aromatic heterocycles. The van der Waals surface area contributed by atoms with E-state index in [1.54, 1.807) is 0 Å². The van der Waals surface area contributed by atoms with Crippen LogP contribution in [0.4, 0.5) is 0 Å². The third-order valence-corrected chi connectivity index (χ3v) is 3.83. The Morgan fingerprint density at radius 1 is 1.32 bits per heavy atom. The van der Waals surface area contributed by atoms with Crippen molar-refractivity contribution in [2.24, 2.45) is 5.92 Å². The molecule has 0 unspecified atom stereocenters. The second kappa shape index (κ2) is 5.17. The molecule has 19 heavy (non-hydrogen) atoms. The second-order valence-corrected chi connectivity index (χ2v) is 5.44. The van der Waals surface area contributed by atoms with E-state index in [0.717, 1.165) is 42.3 Å². The van der Waals surface area contributed by atoms with Crippen LogP contribution in [0.5, 0.6) is 5.88 Å². The van der Waals surface area contributed by atoms with E-state index < -0.39 is 0 Å². The SMILES string of the molecule is CNCC1CC(Oc2nc3ccccc3cc2C)C1. The van der Waals surface area contributed by atoms with Crippen LogP contribution in [0, 0.1) is 12.8 Å². The van der Waals surface area contributed by atoms with E-state index in [9.17, 15) is 0 Å². The summed E-state index contributed by atoms with van der Waals surface area (Å²) < 4.78 is 6.03. The van der Waals surface area contributed by atoms with Crippen LogP contribution in [-0.2, 0) is 0 Å². The first-order valence-corrected chi connectivity index (χ1v) is 6.94. The van der Waals surface area contributed by atoms with Crippen molar-refractivity contribution >= 4 is 10.9 Å². The average molecular weight is 256 g/mol. The molecule has 0 radical (unpaired) electrons. The topological polar surface area (TPSA) is 34.1 Å². The van der Waals surface area contributed by atoms with Gasteiger partial charge in [-0.2, -0.15) is 0 Å². The number of para-hydroxylation sites is 1. The minimum absolute atomic E-state index is 0.339. The molecular formula is C16H20N2O. The minimum Gasteiger partial charge on any atom is -0.474 e. The Morgan fingerprint density at radius 3 is 2.89 bits per heavy atom. The van der Waals surface area contributed by atoms with Gasteiger partial charge in [0.05, 0.1) is 5.52 Å². The van der Waals surface area contributed by atoms with Crippen molar-refractivity contribution in [3.05, 3.63) is 35.9 Å². The van der Waals surface area contributed by atoms with E-state index in [1.807, 2.05) is 25.2 Å². The maximum Gasteiger partial charge on any atom is 0.217 e. The largest absolute Gasteiger partial charge is 0.474 e. The highest BCUT2D eigenvalue weighted by atomic mass is 16.5. The Hall–Kier alpha value is -1.61. The standard InChI is InChI=1S/C16H20N2O/c1-11-7-13-5-3-4-6-15(13)18-16(11)19-14-8-12(9-14)10-17-2/h3-7,12,14,17H,8-10H2,1-2H3. The Kier molecular flexibility index (Phi) is 3.38. The summed E-state index contributed by atoms with van der Waals surface area (Å²) in [4.78, 5) is 4.63. The summed E-state index contributed by atoms with van der Waals surface area (Å²) in [7, 11) is 2.00. The number of nitrogens with zero attached hydrogens (tertiary/aromatic N) is 1. The molecule has 0 saturated heterocycles. The lowest BCUT2D eigenvalue weighted by Crippen LogP contribution is -2.38. The van der Waals surface area contributed by atoms with Crippen LogP contribution in [0.1, 0.15) is 18.4 Å². The van der Waals surface area contributed by atoms with E-state index in [-0.39, 0.29) is 0 Å². The quantitative estimate of drug-likeness (QED) is 0.913. The molecule has 0 atom stereocenters. The zero-order valence-corrected chi connectivity index (χ0v) is 11.5. The highest BCUT2D eigenvalue weighted by molar-refractivity contribution is 5.79. The molecule has 100 valence electrons. The highest BCUT2D eigenvalue weighted by Gasteiger charge is 2.30. The van der Waals surface area contributed by atoms with Crippen molar-refractivity contribution in [1.29, 1.82) is 0 Å². The van der Waals surface area contributed by atoms with Crippen molar-refractivity contribution in [2.45, 2.75) is 25.9 Å². The highest BCUT2D eigenvalue weighted by Crippen LogP contribution is 2.32. The number of aryl methyl sites for hydroxylation is 1.